The fourth-order valence-electron chi connectivity index (χ4n) is 2.23. The maximum Gasteiger partial charge on any atom is 0.223 e. The zero-order chi connectivity index (χ0) is 11.3. The molecule has 88 valence electrons. The van der Waals surface area contributed by atoms with Crippen molar-refractivity contribution in [2.45, 2.75) is 32.6 Å². The Hall–Kier alpha value is -0.570. The Morgan fingerprint density at radius 1 is 1.40 bits per heavy atom. The summed E-state index contributed by atoms with van der Waals surface area (Å²) in [6.45, 7) is 4.24. The fraction of sp³-hybridized carbons (Fsp3) is 0.917. The molecule has 3 nitrogen and oxygen atoms in total. The molecule has 0 heterocycles. The second-order valence-corrected chi connectivity index (χ2v) is 4.91. The first kappa shape index (κ1) is 12.5. The first-order chi connectivity index (χ1) is 7.11. The number of nitrogens with one attached hydrogen (secondary N) is 1. The molecule has 2 unspecified atom stereocenters. The van der Waals surface area contributed by atoms with Crippen LogP contribution in [0.15, 0.2) is 0 Å². The topological polar surface area (TPSA) is 32.3 Å². The van der Waals surface area contributed by atoms with Gasteiger partial charge in [-0.3, -0.25) is 4.79 Å². The zero-order valence-corrected chi connectivity index (χ0v) is 10.3. The number of hydrogen-bond acceptors (Lipinski definition) is 2. The molecule has 15 heavy (non-hydrogen) atoms. The van der Waals surface area contributed by atoms with E-state index in [1.54, 1.807) is 19.0 Å². The van der Waals surface area contributed by atoms with E-state index < -0.39 is 0 Å². The molecule has 3 heteroatoms. The number of amides is 1. The van der Waals surface area contributed by atoms with Crippen LogP contribution in [0.4, 0.5) is 0 Å². The minimum absolute atomic E-state index is 0.210. The van der Waals surface area contributed by atoms with E-state index in [2.05, 4.69) is 12.2 Å². The SMILES string of the molecule is CC1CCCC1CNCCC(=O)N(C)C. The van der Waals surface area contributed by atoms with E-state index in [4.69, 9.17) is 0 Å². The summed E-state index contributed by atoms with van der Waals surface area (Å²) in [7, 11) is 3.61. The average molecular weight is 212 g/mol. The van der Waals surface area contributed by atoms with Gasteiger partial charge < -0.3 is 10.2 Å². The van der Waals surface area contributed by atoms with Crippen molar-refractivity contribution in [3.8, 4) is 0 Å². The first-order valence-electron chi connectivity index (χ1n) is 6.02. The molecule has 1 fully saturated rings. The summed E-state index contributed by atoms with van der Waals surface area (Å²) < 4.78 is 0. The molecule has 1 rings (SSSR count). The summed E-state index contributed by atoms with van der Waals surface area (Å²) in [5.41, 5.74) is 0. The van der Waals surface area contributed by atoms with Gasteiger partial charge in [-0.2, -0.15) is 0 Å². The standard InChI is InChI=1S/C12H24N2O/c1-10-5-4-6-11(10)9-13-8-7-12(15)14(2)3/h10-11,13H,4-9H2,1-3H3. The van der Waals surface area contributed by atoms with Crippen molar-refractivity contribution in [3.63, 3.8) is 0 Å². The van der Waals surface area contributed by atoms with Crippen LogP contribution in [0.3, 0.4) is 0 Å². The van der Waals surface area contributed by atoms with E-state index in [0.29, 0.717) is 6.42 Å². The molecule has 0 radical (unpaired) electrons. The molecule has 0 aliphatic heterocycles. The van der Waals surface area contributed by atoms with Gasteiger partial charge in [-0.25, -0.2) is 0 Å². The van der Waals surface area contributed by atoms with Crippen LogP contribution in [0.25, 0.3) is 0 Å². The second kappa shape index (κ2) is 6.11. The molecule has 1 N–H and O–H groups in total. The van der Waals surface area contributed by atoms with Gasteiger partial charge >= 0.3 is 0 Å². The van der Waals surface area contributed by atoms with Crippen LogP contribution in [-0.4, -0.2) is 38.0 Å². The van der Waals surface area contributed by atoms with Gasteiger partial charge in [-0.1, -0.05) is 19.8 Å². The minimum Gasteiger partial charge on any atom is -0.349 e. The maximum atomic E-state index is 11.3. The van der Waals surface area contributed by atoms with Crippen LogP contribution in [0.5, 0.6) is 0 Å². The van der Waals surface area contributed by atoms with Crippen LogP contribution >= 0.6 is 0 Å². The van der Waals surface area contributed by atoms with Crippen molar-refractivity contribution in [3.05, 3.63) is 0 Å². The van der Waals surface area contributed by atoms with E-state index in [1.807, 2.05) is 0 Å². The van der Waals surface area contributed by atoms with E-state index in [-0.39, 0.29) is 5.91 Å². The highest BCUT2D eigenvalue weighted by atomic mass is 16.2. The van der Waals surface area contributed by atoms with Gasteiger partial charge in [0.05, 0.1) is 0 Å². The Morgan fingerprint density at radius 2 is 2.13 bits per heavy atom. The van der Waals surface area contributed by atoms with Crippen molar-refractivity contribution < 1.29 is 4.79 Å². The fourth-order valence-corrected chi connectivity index (χ4v) is 2.23. The van der Waals surface area contributed by atoms with E-state index >= 15 is 0 Å². The Balaban J connectivity index is 2.04. The molecule has 0 bridgehead atoms. The number of nitrogens with zero attached hydrogens (tertiary/aromatic N) is 1. The average Bonchev–Trinajstić information content (AvgIpc) is 2.58. The van der Waals surface area contributed by atoms with Crippen molar-refractivity contribution in [2.24, 2.45) is 11.8 Å². The molecule has 1 aliphatic carbocycles. The lowest BCUT2D eigenvalue weighted by Gasteiger charge is -2.16. The number of hydrogen-bond donors (Lipinski definition) is 1. The van der Waals surface area contributed by atoms with Gasteiger partial charge in [0.15, 0.2) is 0 Å². The molecular formula is C12H24N2O. The monoisotopic (exact) mass is 212 g/mol. The molecule has 1 saturated carbocycles. The molecule has 0 aromatic carbocycles. The highest BCUT2D eigenvalue weighted by molar-refractivity contribution is 5.75. The molecule has 1 amide bonds. The van der Waals surface area contributed by atoms with Gasteiger partial charge in [0.2, 0.25) is 5.91 Å². The van der Waals surface area contributed by atoms with Crippen molar-refractivity contribution >= 4 is 5.91 Å². The molecule has 0 spiro atoms. The maximum absolute atomic E-state index is 11.3. The first-order valence-corrected chi connectivity index (χ1v) is 6.02. The number of rotatable bonds is 5. The molecule has 2 atom stereocenters. The second-order valence-electron chi connectivity index (χ2n) is 4.91. The van der Waals surface area contributed by atoms with Crippen LogP contribution in [0.2, 0.25) is 0 Å². The summed E-state index contributed by atoms with van der Waals surface area (Å²) in [5.74, 6) is 1.91. The van der Waals surface area contributed by atoms with E-state index in [9.17, 15) is 4.79 Å². The molecule has 0 aromatic rings. The normalized spacial score (nSPS) is 25.5. The quantitative estimate of drug-likeness (QED) is 0.700. The van der Waals surface area contributed by atoms with Gasteiger partial charge in [0, 0.05) is 27.1 Å². The zero-order valence-electron chi connectivity index (χ0n) is 10.3. The van der Waals surface area contributed by atoms with Crippen molar-refractivity contribution in [1.29, 1.82) is 0 Å². The van der Waals surface area contributed by atoms with Gasteiger partial charge in [-0.15, -0.1) is 0 Å². The third kappa shape index (κ3) is 4.20. The Morgan fingerprint density at radius 3 is 2.67 bits per heavy atom. The van der Waals surface area contributed by atoms with Gasteiger partial charge in [-0.05, 0) is 24.8 Å². The van der Waals surface area contributed by atoms with Crippen LogP contribution in [0, 0.1) is 11.8 Å². The highest BCUT2D eigenvalue weighted by Crippen LogP contribution is 2.30. The Bertz CT molecular complexity index is 204. The minimum atomic E-state index is 0.210. The summed E-state index contributed by atoms with van der Waals surface area (Å²) in [6.07, 6.45) is 4.73. The number of carbonyl (C=O) groups excluding carboxylic acids is 1. The summed E-state index contributed by atoms with van der Waals surface area (Å²) in [4.78, 5) is 12.9. The lowest BCUT2D eigenvalue weighted by molar-refractivity contribution is -0.128. The molecule has 0 aromatic heterocycles. The van der Waals surface area contributed by atoms with Crippen molar-refractivity contribution in [1.82, 2.24) is 10.2 Å². The number of carbonyl (C=O) groups is 1. The molecular weight excluding hydrogens is 188 g/mol. The Kier molecular flexibility index (Phi) is 5.09. The van der Waals surface area contributed by atoms with E-state index in [0.717, 1.165) is 24.9 Å². The van der Waals surface area contributed by atoms with Crippen LogP contribution in [0.1, 0.15) is 32.6 Å². The van der Waals surface area contributed by atoms with Crippen LogP contribution < -0.4 is 5.32 Å². The van der Waals surface area contributed by atoms with E-state index in [1.165, 1.54) is 19.3 Å². The predicted octanol–water partition coefficient (Wildman–Crippen LogP) is 1.49. The summed E-state index contributed by atoms with van der Waals surface area (Å²) >= 11 is 0. The largest absolute Gasteiger partial charge is 0.349 e. The summed E-state index contributed by atoms with van der Waals surface area (Å²) in [5, 5.41) is 3.40. The smallest absolute Gasteiger partial charge is 0.223 e. The third-order valence-electron chi connectivity index (χ3n) is 3.46. The molecule has 0 saturated heterocycles. The molecule has 1 aliphatic rings. The lowest BCUT2D eigenvalue weighted by Crippen LogP contribution is -2.30. The van der Waals surface area contributed by atoms with Gasteiger partial charge in [0.1, 0.15) is 0 Å². The highest BCUT2D eigenvalue weighted by Gasteiger charge is 2.22. The summed E-state index contributed by atoms with van der Waals surface area (Å²) in [6, 6.07) is 0. The van der Waals surface area contributed by atoms with Gasteiger partial charge in [0.25, 0.3) is 0 Å². The lowest BCUT2D eigenvalue weighted by atomic mass is 9.98. The van der Waals surface area contributed by atoms with Crippen LogP contribution in [-0.2, 0) is 4.79 Å². The predicted molar refractivity (Wildman–Crippen MR) is 62.7 cm³/mol. The van der Waals surface area contributed by atoms with Crippen molar-refractivity contribution in [2.75, 3.05) is 27.2 Å². The Labute approximate surface area is 93.2 Å². The third-order valence-corrected chi connectivity index (χ3v) is 3.46.